The van der Waals surface area contributed by atoms with Crippen molar-refractivity contribution in [2.45, 2.75) is 18.0 Å². The first-order chi connectivity index (χ1) is 17.8. The van der Waals surface area contributed by atoms with E-state index in [-0.39, 0.29) is 16.5 Å². The molecule has 3 heterocycles. The Morgan fingerprint density at radius 3 is 2.43 bits per heavy atom. The van der Waals surface area contributed by atoms with E-state index in [2.05, 4.69) is 30.8 Å². The number of tetrazole rings is 1. The fraction of sp³-hybridized carbons (Fsp3) is 0.120. The van der Waals surface area contributed by atoms with Crippen LogP contribution in [0.25, 0.3) is 17.1 Å². The zero-order valence-corrected chi connectivity index (χ0v) is 20.6. The Hall–Kier alpha value is -4.71. The molecule has 5 rings (SSSR count). The second-order valence-corrected chi connectivity index (χ2v) is 10.3. The van der Waals surface area contributed by atoms with Crippen molar-refractivity contribution in [3.8, 4) is 17.1 Å². The molecule has 37 heavy (non-hydrogen) atoms. The molecule has 0 aliphatic carbocycles. The molecule has 0 saturated heterocycles. The highest BCUT2D eigenvalue weighted by atomic mass is 32.2. The number of nitrogens with zero attached hydrogens (tertiary/aromatic N) is 7. The summed E-state index contributed by atoms with van der Waals surface area (Å²) in [7, 11) is -3.26. The van der Waals surface area contributed by atoms with Crippen LogP contribution in [0.4, 0.5) is 0 Å². The minimum atomic E-state index is -3.26. The molecule has 0 radical (unpaired) electrons. The van der Waals surface area contributed by atoms with E-state index >= 15 is 0 Å². The van der Waals surface area contributed by atoms with Gasteiger partial charge in [-0.05, 0) is 58.8 Å². The number of aromatic nitrogens is 7. The predicted octanol–water partition coefficient (Wildman–Crippen LogP) is 2.30. The third-order valence-electron chi connectivity index (χ3n) is 5.54. The summed E-state index contributed by atoms with van der Waals surface area (Å²) in [5.41, 5.74) is 3.53. The van der Waals surface area contributed by atoms with Crippen LogP contribution in [0.1, 0.15) is 21.6 Å². The minimum Gasteiger partial charge on any atom is -0.347 e. The molecule has 12 heteroatoms. The quantitative estimate of drug-likeness (QED) is 0.333. The van der Waals surface area contributed by atoms with Gasteiger partial charge in [-0.2, -0.15) is 9.90 Å². The number of carbonyl (C=O) groups is 1. The van der Waals surface area contributed by atoms with Crippen molar-refractivity contribution in [2.24, 2.45) is 0 Å². The maximum absolute atomic E-state index is 12.7. The third kappa shape index (κ3) is 5.76. The second-order valence-electron chi connectivity index (χ2n) is 8.29. The van der Waals surface area contributed by atoms with Gasteiger partial charge in [-0.25, -0.2) is 13.1 Å². The highest BCUT2D eigenvalue weighted by Gasteiger charge is 2.13. The topological polar surface area (TPSA) is 138 Å². The minimum absolute atomic E-state index is 0.235. The fourth-order valence-corrected chi connectivity index (χ4v) is 4.22. The smallest absolute Gasteiger partial charge is 0.270 e. The van der Waals surface area contributed by atoms with Crippen LogP contribution in [0.5, 0.6) is 0 Å². The van der Waals surface area contributed by atoms with Gasteiger partial charge in [-0.1, -0.05) is 24.3 Å². The summed E-state index contributed by atoms with van der Waals surface area (Å²) in [6, 6.07) is 19.4. The van der Waals surface area contributed by atoms with E-state index in [1.54, 1.807) is 47.3 Å². The Labute approximate surface area is 212 Å². The van der Waals surface area contributed by atoms with E-state index < -0.39 is 9.84 Å². The van der Waals surface area contributed by atoms with Crippen LogP contribution in [0.15, 0.2) is 90.2 Å². The average Bonchev–Trinajstić information content (AvgIpc) is 3.60. The van der Waals surface area contributed by atoms with E-state index in [9.17, 15) is 13.2 Å². The lowest BCUT2D eigenvalue weighted by atomic mass is 10.2. The molecule has 0 atom stereocenters. The summed E-state index contributed by atoms with van der Waals surface area (Å²) in [4.78, 5) is 18.5. The van der Waals surface area contributed by atoms with Crippen LogP contribution in [0.3, 0.4) is 0 Å². The van der Waals surface area contributed by atoms with Crippen molar-refractivity contribution in [1.29, 1.82) is 0 Å². The van der Waals surface area contributed by atoms with Crippen molar-refractivity contribution in [3.63, 3.8) is 0 Å². The van der Waals surface area contributed by atoms with Crippen molar-refractivity contribution in [2.75, 3.05) is 6.26 Å². The van der Waals surface area contributed by atoms with Crippen LogP contribution < -0.4 is 5.32 Å². The number of amides is 1. The maximum Gasteiger partial charge on any atom is 0.270 e. The molecular weight excluding hydrogens is 492 g/mol. The molecule has 1 amide bonds. The lowest BCUT2D eigenvalue weighted by Crippen LogP contribution is -2.23. The standard InChI is InChI=1S/C25H22N8O3S/c1-37(35,36)22-9-5-19(6-10-22)17-33-30-24(29-31-33)20-11-13-26-23(15-20)25(34)27-16-18-3-7-21(8-4-18)32-14-2-12-28-32/h2-15H,16-17H2,1H3,(H,27,34). The Balaban J connectivity index is 1.22. The normalized spacial score (nSPS) is 11.4. The van der Waals surface area contributed by atoms with Crippen molar-refractivity contribution < 1.29 is 13.2 Å². The van der Waals surface area contributed by atoms with Crippen molar-refractivity contribution in [3.05, 3.63) is 102 Å². The van der Waals surface area contributed by atoms with Crippen molar-refractivity contribution in [1.82, 2.24) is 40.3 Å². The van der Waals surface area contributed by atoms with Crippen molar-refractivity contribution >= 4 is 15.7 Å². The van der Waals surface area contributed by atoms with Crippen LogP contribution in [-0.2, 0) is 22.9 Å². The number of hydrogen-bond acceptors (Lipinski definition) is 8. The maximum atomic E-state index is 12.7. The summed E-state index contributed by atoms with van der Waals surface area (Å²) in [6.07, 6.45) is 6.26. The Kier molecular flexibility index (Phi) is 6.56. The molecule has 3 aromatic heterocycles. The first-order valence-corrected chi connectivity index (χ1v) is 13.1. The van der Waals surface area contributed by atoms with Gasteiger partial charge in [-0.15, -0.1) is 10.2 Å². The summed E-state index contributed by atoms with van der Waals surface area (Å²) < 4.78 is 25.0. The molecule has 0 saturated carbocycles. The summed E-state index contributed by atoms with van der Waals surface area (Å²) in [5.74, 6) is 0.0229. The number of sulfone groups is 1. The Morgan fingerprint density at radius 2 is 1.73 bits per heavy atom. The molecule has 0 spiro atoms. The Bertz CT molecular complexity index is 1630. The van der Waals surface area contributed by atoms with Crippen LogP contribution in [0.2, 0.25) is 0 Å². The highest BCUT2D eigenvalue weighted by Crippen LogP contribution is 2.16. The molecule has 2 aromatic carbocycles. The number of hydrogen-bond donors (Lipinski definition) is 1. The molecule has 0 unspecified atom stereocenters. The van der Waals surface area contributed by atoms with E-state index in [0.29, 0.717) is 24.5 Å². The molecule has 5 aromatic rings. The molecule has 0 fully saturated rings. The SMILES string of the molecule is CS(=O)(=O)c1ccc(Cn2nnc(-c3ccnc(C(=O)NCc4ccc(-n5cccn5)cc4)c3)n2)cc1. The Morgan fingerprint density at radius 1 is 0.973 bits per heavy atom. The van der Waals surface area contributed by atoms with Gasteiger partial charge in [0.15, 0.2) is 9.84 Å². The number of carbonyl (C=O) groups excluding carboxylic acids is 1. The number of nitrogens with one attached hydrogen (secondary N) is 1. The molecule has 11 nitrogen and oxygen atoms in total. The summed E-state index contributed by atoms with van der Waals surface area (Å²) in [6.45, 7) is 0.658. The molecule has 0 aliphatic heterocycles. The van der Waals surface area contributed by atoms with Crippen LogP contribution in [0, 0.1) is 0 Å². The van der Waals surface area contributed by atoms with E-state index in [4.69, 9.17) is 0 Å². The zero-order chi connectivity index (χ0) is 25.8. The fourth-order valence-electron chi connectivity index (χ4n) is 3.59. The van der Waals surface area contributed by atoms with Gasteiger partial charge in [0.25, 0.3) is 5.91 Å². The molecule has 0 bridgehead atoms. The first-order valence-electron chi connectivity index (χ1n) is 11.3. The van der Waals surface area contributed by atoms with Crippen LogP contribution in [-0.4, -0.2) is 55.6 Å². The van der Waals surface area contributed by atoms with E-state index in [0.717, 1.165) is 23.1 Å². The van der Waals surface area contributed by atoms with Gasteiger partial charge in [0.05, 0.1) is 17.1 Å². The van der Waals surface area contributed by atoms with Gasteiger partial charge in [-0.3, -0.25) is 9.78 Å². The van der Waals surface area contributed by atoms with Gasteiger partial charge < -0.3 is 5.32 Å². The lowest BCUT2D eigenvalue weighted by Gasteiger charge is -2.07. The lowest BCUT2D eigenvalue weighted by molar-refractivity contribution is 0.0946. The summed E-state index contributed by atoms with van der Waals surface area (Å²) >= 11 is 0. The summed E-state index contributed by atoms with van der Waals surface area (Å²) in [5, 5.41) is 19.6. The second kappa shape index (κ2) is 10.1. The molecular formula is C25H22N8O3S. The zero-order valence-electron chi connectivity index (χ0n) is 19.8. The number of benzene rings is 2. The van der Waals surface area contributed by atoms with E-state index in [1.165, 1.54) is 11.0 Å². The van der Waals surface area contributed by atoms with Gasteiger partial charge in [0.1, 0.15) is 5.69 Å². The van der Waals surface area contributed by atoms with Gasteiger partial charge >= 0.3 is 0 Å². The third-order valence-corrected chi connectivity index (χ3v) is 6.67. The van der Waals surface area contributed by atoms with Gasteiger partial charge in [0, 0.05) is 37.0 Å². The number of rotatable bonds is 8. The molecule has 186 valence electrons. The van der Waals surface area contributed by atoms with Gasteiger partial charge in [0.2, 0.25) is 5.82 Å². The van der Waals surface area contributed by atoms with E-state index in [1.807, 2.05) is 36.5 Å². The number of pyridine rings is 1. The molecule has 1 N–H and O–H groups in total. The highest BCUT2D eigenvalue weighted by molar-refractivity contribution is 7.90. The molecule has 0 aliphatic rings. The first kappa shape index (κ1) is 24.0. The largest absolute Gasteiger partial charge is 0.347 e. The monoisotopic (exact) mass is 514 g/mol. The predicted molar refractivity (Wildman–Crippen MR) is 134 cm³/mol. The van der Waals surface area contributed by atoms with Crippen LogP contribution >= 0.6 is 0 Å². The average molecular weight is 515 g/mol.